The lowest BCUT2D eigenvalue weighted by Crippen LogP contribution is -1.87. The van der Waals surface area contributed by atoms with E-state index < -0.39 is 0 Å². The first-order valence-electron chi connectivity index (χ1n) is 3.78. The third-order valence-electron chi connectivity index (χ3n) is 1.89. The van der Waals surface area contributed by atoms with Crippen LogP contribution in [0.3, 0.4) is 0 Å². The number of nitrogens with zero attached hydrogens (tertiary/aromatic N) is 5. The van der Waals surface area contributed by atoms with Gasteiger partial charge in [0.15, 0.2) is 0 Å². The molecule has 1 heterocycles. The van der Waals surface area contributed by atoms with Gasteiger partial charge in [-0.05, 0) is 17.7 Å². The third-order valence-corrected chi connectivity index (χ3v) is 1.89. The molecule has 0 N–H and O–H groups in total. The van der Waals surface area contributed by atoms with Crippen LogP contribution in [0.5, 0.6) is 0 Å². The summed E-state index contributed by atoms with van der Waals surface area (Å²) in [4.78, 5) is 2.72. The average Bonchev–Trinajstić information content (AvgIpc) is 2.48. The summed E-state index contributed by atoms with van der Waals surface area (Å²) < 4.78 is 1.77. The van der Waals surface area contributed by atoms with Crippen molar-refractivity contribution in [1.29, 1.82) is 0 Å². The van der Waals surface area contributed by atoms with Crippen molar-refractivity contribution < 1.29 is 0 Å². The van der Waals surface area contributed by atoms with Crippen LogP contribution in [0, 0.1) is 0 Å². The van der Waals surface area contributed by atoms with Gasteiger partial charge >= 0.3 is 0 Å². The fraction of sp³-hybridized carbons (Fsp3) is 0.125. The van der Waals surface area contributed by atoms with Gasteiger partial charge in [0, 0.05) is 23.0 Å². The molecule has 1 aromatic carbocycles. The van der Waals surface area contributed by atoms with E-state index in [2.05, 4.69) is 15.1 Å². The molecule has 5 heteroatoms. The molecule has 1 aromatic heterocycles. The molecule has 0 radical (unpaired) electrons. The molecular weight excluding hydrogens is 166 g/mol. The maximum Gasteiger partial charge on any atom is 0.0679 e. The van der Waals surface area contributed by atoms with Crippen molar-refractivity contribution in [3.8, 4) is 0 Å². The average molecular weight is 173 g/mol. The van der Waals surface area contributed by atoms with Crippen molar-refractivity contribution in [2.24, 2.45) is 12.2 Å². The molecule has 0 aliphatic heterocycles. The molecule has 0 amide bonds. The van der Waals surface area contributed by atoms with Crippen molar-refractivity contribution in [2.45, 2.75) is 0 Å². The Kier molecular flexibility index (Phi) is 1.65. The normalized spacial score (nSPS) is 9.92. The molecule has 0 atom stereocenters. The van der Waals surface area contributed by atoms with Gasteiger partial charge in [-0.15, -0.1) is 0 Å². The Bertz CT molecular complexity index is 492. The lowest BCUT2D eigenvalue weighted by molar-refractivity contribution is 0.797. The molecule has 5 nitrogen and oxygen atoms in total. The number of aromatic nitrogens is 2. The van der Waals surface area contributed by atoms with Gasteiger partial charge in [-0.2, -0.15) is 5.10 Å². The van der Waals surface area contributed by atoms with Crippen LogP contribution in [0.25, 0.3) is 21.3 Å². The summed E-state index contributed by atoms with van der Waals surface area (Å²) in [6.07, 6.45) is 1.74. The molecule has 0 saturated carbocycles. The maximum absolute atomic E-state index is 8.23. The zero-order valence-corrected chi connectivity index (χ0v) is 7.05. The molecule has 0 aliphatic rings. The van der Waals surface area contributed by atoms with Crippen LogP contribution >= 0.6 is 0 Å². The SMILES string of the molecule is Cn1ncc2cc(N=[N+]=[N-])ccc21. The first-order valence-corrected chi connectivity index (χ1v) is 3.78. The van der Waals surface area contributed by atoms with Gasteiger partial charge in [-0.1, -0.05) is 11.2 Å². The molecule has 2 aromatic rings. The zero-order valence-electron chi connectivity index (χ0n) is 7.05. The van der Waals surface area contributed by atoms with Gasteiger partial charge in [0.1, 0.15) is 0 Å². The largest absolute Gasteiger partial charge is 0.268 e. The van der Waals surface area contributed by atoms with Crippen LogP contribution in [0.1, 0.15) is 0 Å². The molecular formula is C8H7N5. The Morgan fingerprint density at radius 1 is 1.54 bits per heavy atom. The molecule has 0 aliphatic carbocycles. The number of hydrogen-bond donors (Lipinski definition) is 0. The van der Waals surface area contributed by atoms with Crippen molar-refractivity contribution in [3.05, 3.63) is 34.8 Å². The fourth-order valence-electron chi connectivity index (χ4n) is 1.26. The molecule has 0 fully saturated rings. The van der Waals surface area contributed by atoms with E-state index in [9.17, 15) is 0 Å². The highest BCUT2D eigenvalue weighted by molar-refractivity contribution is 5.81. The van der Waals surface area contributed by atoms with Crippen molar-refractivity contribution in [2.75, 3.05) is 0 Å². The van der Waals surface area contributed by atoms with Crippen molar-refractivity contribution in [1.82, 2.24) is 9.78 Å². The van der Waals surface area contributed by atoms with Crippen LogP contribution in [0.15, 0.2) is 29.5 Å². The second kappa shape index (κ2) is 2.80. The van der Waals surface area contributed by atoms with Crippen LogP contribution in [0.2, 0.25) is 0 Å². The van der Waals surface area contributed by atoms with Gasteiger partial charge in [0.2, 0.25) is 0 Å². The second-order valence-electron chi connectivity index (χ2n) is 2.70. The summed E-state index contributed by atoms with van der Waals surface area (Å²) in [5.74, 6) is 0. The first kappa shape index (κ1) is 7.64. The number of azide groups is 1. The van der Waals surface area contributed by atoms with Gasteiger partial charge < -0.3 is 0 Å². The highest BCUT2D eigenvalue weighted by atomic mass is 15.2. The van der Waals surface area contributed by atoms with Gasteiger partial charge in [0.05, 0.1) is 11.7 Å². The monoisotopic (exact) mass is 173 g/mol. The van der Waals surface area contributed by atoms with Crippen molar-refractivity contribution >= 4 is 16.6 Å². The summed E-state index contributed by atoms with van der Waals surface area (Å²) in [5.41, 5.74) is 9.87. The topological polar surface area (TPSA) is 66.6 Å². The summed E-state index contributed by atoms with van der Waals surface area (Å²) in [6.45, 7) is 0. The quantitative estimate of drug-likeness (QED) is 0.371. The Morgan fingerprint density at radius 3 is 3.15 bits per heavy atom. The zero-order chi connectivity index (χ0) is 9.26. The Balaban J connectivity index is 2.69. The highest BCUT2D eigenvalue weighted by Gasteiger charge is 1.98. The number of hydrogen-bond acceptors (Lipinski definition) is 2. The minimum absolute atomic E-state index is 0.614. The van der Waals surface area contributed by atoms with Gasteiger partial charge in [-0.25, -0.2) is 0 Å². The molecule has 0 bridgehead atoms. The second-order valence-corrected chi connectivity index (χ2v) is 2.70. The Morgan fingerprint density at radius 2 is 2.38 bits per heavy atom. The molecule has 0 spiro atoms. The van der Waals surface area contributed by atoms with Crippen LogP contribution < -0.4 is 0 Å². The number of benzene rings is 1. The van der Waals surface area contributed by atoms with Gasteiger partial charge in [0.25, 0.3) is 0 Å². The fourth-order valence-corrected chi connectivity index (χ4v) is 1.26. The van der Waals surface area contributed by atoms with E-state index in [1.165, 1.54) is 0 Å². The predicted octanol–water partition coefficient (Wildman–Crippen LogP) is 2.52. The summed E-state index contributed by atoms with van der Waals surface area (Å²) in [7, 11) is 1.87. The summed E-state index contributed by atoms with van der Waals surface area (Å²) in [6, 6.07) is 5.46. The lowest BCUT2D eigenvalue weighted by atomic mass is 10.2. The predicted molar refractivity (Wildman–Crippen MR) is 49.5 cm³/mol. The molecule has 2 rings (SSSR count). The van der Waals surface area contributed by atoms with E-state index in [1.807, 2.05) is 19.2 Å². The van der Waals surface area contributed by atoms with Gasteiger partial charge in [-0.3, -0.25) is 4.68 Å². The third kappa shape index (κ3) is 1.21. The first-order chi connectivity index (χ1) is 6.31. The summed E-state index contributed by atoms with van der Waals surface area (Å²) in [5, 5.41) is 8.57. The van der Waals surface area contributed by atoms with E-state index in [0.29, 0.717) is 5.69 Å². The summed E-state index contributed by atoms with van der Waals surface area (Å²) >= 11 is 0. The Labute approximate surface area is 74.2 Å². The van der Waals surface area contributed by atoms with E-state index in [4.69, 9.17) is 5.53 Å². The molecule has 0 unspecified atom stereocenters. The maximum atomic E-state index is 8.23. The van der Waals surface area contributed by atoms with Crippen LogP contribution in [0.4, 0.5) is 5.69 Å². The van der Waals surface area contributed by atoms with E-state index >= 15 is 0 Å². The molecule has 13 heavy (non-hydrogen) atoms. The molecule has 0 saturated heterocycles. The van der Waals surface area contributed by atoms with Crippen LogP contribution in [-0.2, 0) is 7.05 Å². The van der Waals surface area contributed by atoms with Crippen molar-refractivity contribution in [3.63, 3.8) is 0 Å². The van der Waals surface area contributed by atoms with E-state index in [1.54, 1.807) is 16.9 Å². The van der Waals surface area contributed by atoms with E-state index in [0.717, 1.165) is 10.9 Å². The number of aryl methyl sites for hydroxylation is 1. The smallest absolute Gasteiger partial charge is 0.0679 e. The highest BCUT2D eigenvalue weighted by Crippen LogP contribution is 2.20. The minimum atomic E-state index is 0.614. The lowest BCUT2D eigenvalue weighted by Gasteiger charge is -1.94. The Hall–Kier alpha value is -2.00. The van der Waals surface area contributed by atoms with Crippen LogP contribution in [-0.4, -0.2) is 9.78 Å². The molecule has 64 valence electrons. The number of rotatable bonds is 1. The van der Waals surface area contributed by atoms with E-state index in [-0.39, 0.29) is 0 Å². The number of fused-ring (bicyclic) bond motifs is 1. The minimum Gasteiger partial charge on any atom is -0.268 e. The standard InChI is InChI=1S/C8H7N5/c1-13-8-3-2-7(11-12-9)4-6(8)5-10-13/h2-5H,1H3.